The zero-order valence-electron chi connectivity index (χ0n) is 17.4. The molecule has 0 spiro atoms. The SMILES string of the molecule is O=C(O)C(=O)C1=CC2=C(c3ccccc3)c3cc(C(=O)C(=O)O)c(C(=O)C(=O)O)cc3C2=CC1=O. The Bertz CT molecular complexity index is 1520. The molecule has 2 aromatic carbocycles. The molecule has 0 amide bonds. The second-order valence-corrected chi connectivity index (χ2v) is 7.48. The predicted octanol–water partition coefficient (Wildman–Crippen LogP) is 1.58. The molecular formula is C25H12O10. The monoisotopic (exact) mass is 472 g/mol. The normalized spacial score (nSPS) is 13.9. The molecule has 2 aliphatic rings. The summed E-state index contributed by atoms with van der Waals surface area (Å²) in [5.74, 6) is -11.1. The van der Waals surface area contributed by atoms with Gasteiger partial charge in [-0.05, 0) is 57.7 Å². The number of hydrogen-bond acceptors (Lipinski definition) is 7. The number of allylic oxidation sites excluding steroid dienone is 4. The lowest BCUT2D eigenvalue weighted by molar-refractivity contribution is -0.147. The second-order valence-electron chi connectivity index (χ2n) is 7.48. The van der Waals surface area contributed by atoms with Crippen molar-refractivity contribution in [1.29, 1.82) is 0 Å². The number of carbonyl (C=O) groups is 7. The molecule has 10 heteroatoms. The number of ketones is 4. The smallest absolute Gasteiger partial charge is 0.377 e. The molecule has 0 aliphatic heterocycles. The third kappa shape index (κ3) is 3.68. The van der Waals surface area contributed by atoms with E-state index in [4.69, 9.17) is 5.11 Å². The Balaban J connectivity index is 2.09. The highest BCUT2D eigenvalue weighted by Crippen LogP contribution is 2.48. The van der Waals surface area contributed by atoms with Gasteiger partial charge in [0, 0.05) is 11.1 Å². The van der Waals surface area contributed by atoms with Gasteiger partial charge in [-0.2, -0.15) is 0 Å². The van der Waals surface area contributed by atoms with Gasteiger partial charge in [0.05, 0.1) is 5.57 Å². The van der Waals surface area contributed by atoms with Crippen LogP contribution >= 0.6 is 0 Å². The lowest BCUT2D eigenvalue weighted by Gasteiger charge is -2.12. The van der Waals surface area contributed by atoms with Crippen molar-refractivity contribution in [2.75, 3.05) is 0 Å². The number of rotatable bonds is 7. The Morgan fingerprint density at radius 3 is 1.66 bits per heavy atom. The van der Waals surface area contributed by atoms with Gasteiger partial charge in [0.15, 0.2) is 5.78 Å². The first-order valence-electron chi connectivity index (χ1n) is 9.82. The number of fused-ring (bicyclic) bond motifs is 3. The van der Waals surface area contributed by atoms with E-state index in [-0.39, 0.29) is 22.3 Å². The Hall–Kier alpha value is -5.25. The first kappa shape index (κ1) is 22.9. The third-order valence-corrected chi connectivity index (χ3v) is 5.49. The standard InChI is InChI=1S/C25H12O10/c26-18-9-12-11-6-15(20(27)23(30)31)16(21(28)24(32)33)7-13(11)19(10-4-2-1-3-5-10)14(12)8-17(18)22(29)25(34)35/h1-9H,(H,30,31)(H,32,33)(H,34,35). The van der Waals surface area contributed by atoms with Crippen LogP contribution < -0.4 is 0 Å². The van der Waals surface area contributed by atoms with Crippen molar-refractivity contribution in [2.24, 2.45) is 0 Å². The van der Waals surface area contributed by atoms with E-state index >= 15 is 0 Å². The maximum absolute atomic E-state index is 12.6. The number of carbonyl (C=O) groups excluding carboxylic acids is 4. The molecule has 2 aliphatic carbocycles. The highest BCUT2D eigenvalue weighted by molar-refractivity contribution is 6.49. The Morgan fingerprint density at radius 1 is 0.629 bits per heavy atom. The minimum absolute atomic E-state index is 0.136. The quantitative estimate of drug-likeness (QED) is 0.304. The summed E-state index contributed by atoms with van der Waals surface area (Å²) in [5.41, 5.74) is -0.468. The van der Waals surface area contributed by atoms with Crippen LogP contribution in [0.4, 0.5) is 0 Å². The van der Waals surface area contributed by atoms with Gasteiger partial charge >= 0.3 is 17.9 Å². The van der Waals surface area contributed by atoms with Crippen molar-refractivity contribution in [3.8, 4) is 0 Å². The molecule has 0 unspecified atom stereocenters. The first-order valence-corrected chi connectivity index (χ1v) is 9.82. The van der Waals surface area contributed by atoms with Crippen LogP contribution in [-0.2, 0) is 24.0 Å². The van der Waals surface area contributed by atoms with E-state index in [1.165, 1.54) is 0 Å². The van der Waals surface area contributed by atoms with Crippen molar-refractivity contribution in [3.63, 3.8) is 0 Å². The van der Waals surface area contributed by atoms with Gasteiger partial charge in [-0.1, -0.05) is 30.3 Å². The molecule has 0 heterocycles. The van der Waals surface area contributed by atoms with Crippen LogP contribution in [0.5, 0.6) is 0 Å². The van der Waals surface area contributed by atoms with Gasteiger partial charge in [-0.15, -0.1) is 0 Å². The van der Waals surface area contributed by atoms with Crippen LogP contribution in [0.15, 0.2) is 65.8 Å². The Kier molecular flexibility index (Phi) is 5.42. The zero-order chi connectivity index (χ0) is 25.6. The van der Waals surface area contributed by atoms with Gasteiger partial charge in [-0.25, -0.2) is 14.4 Å². The van der Waals surface area contributed by atoms with Gasteiger partial charge in [0.2, 0.25) is 0 Å². The molecule has 0 saturated carbocycles. The minimum atomic E-state index is -1.93. The minimum Gasteiger partial charge on any atom is -0.475 e. The molecule has 35 heavy (non-hydrogen) atoms. The molecule has 172 valence electrons. The highest BCUT2D eigenvalue weighted by Gasteiger charge is 2.37. The van der Waals surface area contributed by atoms with E-state index in [0.29, 0.717) is 11.1 Å². The first-order chi connectivity index (χ1) is 16.5. The number of carboxylic acid groups (broad SMARTS) is 3. The second kappa shape index (κ2) is 8.27. The fourth-order valence-corrected chi connectivity index (χ4v) is 4.00. The van der Waals surface area contributed by atoms with E-state index in [9.17, 15) is 43.8 Å². The third-order valence-electron chi connectivity index (χ3n) is 5.49. The van der Waals surface area contributed by atoms with Crippen LogP contribution in [0.1, 0.15) is 37.4 Å². The summed E-state index contributed by atoms with van der Waals surface area (Å²) in [4.78, 5) is 83.3. The topological polar surface area (TPSA) is 180 Å². The van der Waals surface area contributed by atoms with Gasteiger partial charge in [0.1, 0.15) is 0 Å². The molecule has 0 fully saturated rings. The van der Waals surface area contributed by atoms with Crippen molar-refractivity contribution in [1.82, 2.24) is 0 Å². The molecule has 3 N–H and O–H groups in total. The number of carboxylic acids is 3. The average Bonchev–Trinajstić information content (AvgIpc) is 3.13. The summed E-state index contributed by atoms with van der Waals surface area (Å²) in [6.07, 6.45) is 2.06. The summed E-state index contributed by atoms with van der Waals surface area (Å²) in [6.45, 7) is 0. The van der Waals surface area contributed by atoms with Gasteiger partial charge in [-0.3, -0.25) is 19.2 Å². The van der Waals surface area contributed by atoms with Gasteiger partial charge in [0.25, 0.3) is 17.3 Å². The number of aliphatic carboxylic acids is 3. The van der Waals surface area contributed by atoms with Crippen LogP contribution in [0.3, 0.4) is 0 Å². The summed E-state index contributed by atoms with van der Waals surface area (Å²) < 4.78 is 0. The van der Waals surface area contributed by atoms with Crippen molar-refractivity contribution >= 4 is 52.2 Å². The van der Waals surface area contributed by atoms with Crippen LogP contribution in [-0.4, -0.2) is 56.4 Å². The number of benzene rings is 2. The molecule has 0 bridgehead atoms. The van der Waals surface area contributed by atoms with Crippen molar-refractivity contribution < 1.29 is 48.9 Å². The van der Waals surface area contributed by atoms with Crippen molar-refractivity contribution in [3.05, 3.63) is 93.6 Å². The molecule has 0 aromatic heterocycles. The van der Waals surface area contributed by atoms with Crippen molar-refractivity contribution in [2.45, 2.75) is 0 Å². The van der Waals surface area contributed by atoms with E-state index in [0.717, 1.165) is 24.3 Å². The number of Topliss-reactive ketones (excluding diaryl/α,β-unsaturated/α-hetero) is 3. The summed E-state index contributed by atoms with van der Waals surface area (Å²) >= 11 is 0. The van der Waals surface area contributed by atoms with E-state index in [1.807, 2.05) is 0 Å². The largest absolute Gasteiger partial charge is 0.475 e. The molecular weight excluding hydrogens is 460 g/mol. The van der Waals surface area contributed by atoms with Crippen LogP contribution in [0, 0.1) is 0 Å². The summed E-state index contributed by atoms with van der Waals surface area (Å²) in [6, 6.07) is 10.4. The predicted molar refractivity (Wildman–Crippen MR) is 117 cm³/mol. The zero-order valence-corrected chi connectivity index (χ0v) is 17.4. The van der Waals surface area contributed by atoms with Gasteiger partial charge < -0.3 is 15.3 Å². The molecule has 0 saturated heterocycles. The van der Waals surface area contributed by atoms with E-state index in [1.54, 1.807) is 30.3 Å². The molecule has 10 nitrogen and oxygen atoms in total. The molecule has 0 atom stereocenters. The molecule has 2 aromatic rings. The molecule has 4 rings (SSSR count). The maximum Gasteiger partial charge on any atom is 0.377 e. The summed E-state index contributed by atoms with van der Waals surface area (Å²) in [7, 11) is 0. The fraction of sp³-hybridized carbons (Fsp3) is 0. The Labute approximate surface area is 195 Å². The fourth-order valence-electron chi connectivity index (χ4n) is 4.00. The Morgan fingerprint density at radius 2 is 1.14 bits per heavy atom. The average molecular weight is 472 g/mol. The highest BCUT2D eigenvalue weighted by atomic mass is 16.4. The maximum atomic E-state index is 12.6. The van der Waals surface area contributed by atoms with E-state index in [2.05, 4.69) is 0 Å². The summed E-state index contributed by atoms with van der Waals surface area (Å²) in [5, 5.41) is 27.5. The lowest BCUT2D eigenvalue weighted by atomic mass is 9.88. The number of hydrogen-bond donors (Lipinski definition) is 3. The van der Waals surface area contributed by atoms with E-state index < -0.39 is 57.7 Å². The molecule has 0 radical (unpaired) electrons. The van der Waals surface area contributed by atoms with Crippen LogP contribution in [0.25, 0.3) is 11.1 Å². The lowest BCUT2D eigenvalue weighted by Crippen LogP contribution is -2.22. The van der Waals surface area contributed by atoms with Crippen LogP contribution in [0.2, 0.25) is 0 Å².